The average Bonchev–Trinajstić information content (AvgIpc) is 2.72. The molecule has 0 aromatic heterocycles. The van der Waals surface area contributed by atoms with Crippen LogP contribution in [-0.4, -0.2) is 48.2 Å². The fraction of sp³-hybridized carbons (Fsp3) is 0.938. The first kappa shape index (κ1) is 17.4. The smallest absolute Gasteiger partial charge is 0.323 e. The quantitative estimate of drug-likeness (QED) is 0.673. The van der Waals surface area contributed by atoms with Crippen LogP contribution in [0, 0.1) is 0 Å². The number of rotatable bonds is 8. The third kappa shape index (κ3) is 4.74. The van der Waals surface area contributed by atoms with E-state index in [2.05, 4.69) is 17.3 Å². The number of hydrogen-bond acceptors (Lipinski definition) is 3. The van der Waals surface area contributed by atoms with Crippen LogP contribution in [0.15, 0.2) is 0 Å². The maximum atomic E-state index is 11.4. The van der Waals surface area contributed by atoms with Gasteiger partial charge in [-0.05, 0) is 52.7 Å². The van der Waals surface area contributed by atoms with E-state index in [4.69, 9.17) is 0 Å². The molecular weight excluding hydrogens is 252 g/mol. The van der Waals surface area contributed by atoms with Gasteiger partial charge in [-0.3, -0.25) is 4.79 Å². The molecule has 0 radical (unpaired) electrons. The zero-order valence-corrected chi connectivity index (χ0v) is 13.5. The van der Waals surface area contributed by atoms with Crippen molar-refractivity contribution in [3.63, 3.8) is 0 Å². The summed E-state index contributed by atoms with van der Waals surface area (Å²) >= 11 is 0. The second-order valence-electron chi connectivity index (χ2n) is 6.22. The summed E-state index contributed by atoms with van der Waals surface area (Å²) in [6.45, 7) is 2.95. The lowest BCUT2D eigenvalue weighted by atomic mass is 9.90. The van der Waals surface area contributed by atoms with Crippen LogP contribution in [0.3, 0.4) is 0 Å². The van der Waals surface area contributed by atoms with Crippen LogP contribution >= 0.6 is 0 Å². The summed E-state index contributed by atoms with van der Waals surface area (Å²) in [6, 6.07) is 0.702. The summed E-state index contributed by atoms with van der Waals surface area (Å²) < 4.78 is 0. The monoisotopic (exact) mass is 284 g/mol. The van der Waals surface area contributed by atoms with E-state index in [0.717, 1.165) is 13.0 Å². The summed E-state index contributed by atoms with van der Waals surface area (Å²) in [5, 5.41) is 12.4. The number of hydrogen-bond donors (Lipinski definition) is 2. The highest BCUT2D eigenvalue weighted by atomic mass is 16.4. The van der Waals surface area contributed by atoms with E-state index in [0.29, 0.717) is 18.9 Å². The zero-order chi connectivity index (χ0) is 15.0. The summed E-state index contributed by atoms with van der Waals surface area (Å²) in [6.07, 6.45) is 10.3. The van der Waals surface area contributed by atoms with Gasteiger partial charge in [0.15, 0.2) is 0 Å². The molecule has 0 bridgehead atoms. The van der Waals surface area contributed by atoms with Crippen molar-refractivity contribution in [3.8, 4) is 0 Å². The molecule has 1 saturated carbocycles. The number of carboxylic acid groups (broad SMARTS) is 1. The molecule has 0 amide bonds. The summed E-state index contributed by atoms with van der Waals surface area (Å²) in [4.78, 5) is 13.9. The number of carbonyl (C=O) groups is 1. The Balaban J connectivity index is 2.39. The SMILES string of the molecule is CCC(CCCN(C)C1CCCCCC1)(NC)C(=O)O. The van der Waals surface area contributed by atoms with Gasteiger partial charge >= 0.3 is 5.97 Å². The first-order valence-electron chi connectivity index (χ1n) is 8.18. The highest BCUT2D eigenvalue weighted by molar-refractivity contribution is 5.78. The Kier molecular flexibility index (Phi) is 7.52. The number of nitrogens with one attached hydrogen (secondary N) is 1. The Morgan fingerprint density at radius 3 is 2.35 bits per heavy atom. The van der Waals surface area contributed by atoms with E-state index >= 15 is 0 Å². The van der Waals surface area contributed by atoms with Crippen LogP contribution in [-0.2, 0) is 4.79 Å². The van der Waals surface area contributed by atoms with Gasteiger partial charge in [0.05, 0.1) is 0 Å². The minimum absolute atomic E-state index is 0.631. The van der Waals surface area contributed by atoms with Gasteiger partial charge in [0.25, 0.3) is 0 Å². The summed E-state index contributed by atoms with van der Waals surface area (Å²) in [7, 11) is 3.95. The predicted molar refractivity (Wildman–Crippen MR) is 83.1 cm³/mol. The molecule has 2 N–H and O–H groups in total. The van der Waals surface area contributed by atoms with E-state index in [1.165, 1.54) is 38.5 Å². The Labute approximate surface area is 123 Å². The number of nitrogens with zero attached hydrogens (tertiary/aromatic N) is 1. The number of carboxylic acids is 1. The molecule has 1 aliphatic rings. The fourth-order valence-electron chi connectivity index (χ4n) is 3.36. The van der Waals surface area contributed by atoms with Gasteiger partial charge in [0.1, 0.15) is 5.54 Å². The summed E-state index contributed by atoms with van der Waals surface area (Å²) in [5.41, 5.74) is -0.746. The molecule has 0 heterocycles. The highest BCUT2D eigenvalue weighted by Crippen LogP contribution is 2.22. The van der Waals surface area contributed by atoms with Crippen LogP contribution in [0.1, 0.15) is 64.7 Å². The topological polar surface area (TPSA) is 52.6 Å². The van der Waals surface area contributed by atoms with Crippen LogP contribution in [0.5, 0.6) is 0 Å². The second kappa shape index (κ2) is 8.63. The van der Waals surface area contributed by atoms with Crippen molar-refractivity contribution in [2.24, 2.45) is 0 Å². The van der Waals surface area contributed by atoms with Gasteiger partial charge in [-0.2, -0.15) is 0 Å². The number of aliphatic carboxylic acids is 1. The average molecular weight is 284 g/mol. The van der Waals surface area contributed by atoms with Crippen molar-refractivity contribution in [2.45, 2.75) is 76.3 Å². The predicted octanol–water partition coefficient (Wildman–Crippen LogP) is 2.87. The van der Waals surface area contributed by atoms with Gasteiger partial charge in [0.2, 0.25) is 0 Å². The van der Waals surface area contributed by atoms with Crippen LogP contribution in [0.25, 0.3) is 0 Å². The zero-order valence-electron chi connectivity index (χ0n) is 13.5. The molecule has 20 heavy (non-hydrogen) atoms. The van der Waals surface area contributed by atoms with Crippen molar-refractivity contribution in [3.05, 3.63) is 0 Å². The largest absolute Gasteiger partial charge is 0.480 e. The third-order valence-corrected chi connectivity index (χ3v) is 5.05. The molecule has 0 aliphatic heterocycles. The molecule has 0 aromatic carbocycles. The van der Waals surface area contributed by atoms with E-state index < -0.39 is 11.5 Å². The Hall–Kier alpha value is -0.610. The van der Waals surface area contributed by atoms with Crippen molar-refractivity contribution in [2.75, 3.05) is 20.6 Å². The van der Waals surface area contributed by atoms with Gasteiger partial charge in [0, 0.05) is 6.04 Å². The number of likely N-dealkylation sites (N-methyl/N-ethyl adjacent to an activating group) is 1. The molecule has 0 saturated heterocycles. The van der Waals surface area contributed by atoms with Crippen LogP contribution in [0.4, 0.5) is 0 Å². The van der Waals surface area contributed by atoms with Crippen LogP contribution in [0.2, 0.25) is 0 Å². The molecule has 0 aromatic rings. The van der Waals surface area contributed by atoms with Gasteiger partial charge < -0.3 is 15.3 Å². The standard InChI is InChI=1S/C16H32N2O2/c1-4-16(17-2,15(19)20)12-9-13-18(3)14-10-7-5-6-8-11-14/h14,17H,4-13H2,1-3H3,(H,19,20). The van der Waals surface area contributed by atoms with Crippen molar-refractivity contribution < 1.29 is 9.90 Å². The van der Waals surface area contributed by atoms with Crippen LogP contribution < -0.4 is 5.32 Å². The van der Waals surface area contributed by atoms with Gasteiger partial charge in [-0.1, -0.05) is 32.6 Å². The highest BCUT2D eigenvalue weighted by Gasteiger charge is 2.34. The fourth-order valence-corrected chi connectivity index (χ4v) is 3.36. The Morgan fingerprint density at radius 1 is 1.30 bits per heavy atom. The van der Waals surface area contributed by atoms with E-state index in [1.54, 1.807) is 7.05 Å². The van der Waals surface area contributed by atoms with Gasteiger partial charge in [-0.15, -0.1) is 0 Å². The van der Waals surface area contributed by atoms with E-state index in [-0.39, 0.29) is 0 Å². The molecule has 4 heteroatoms. The summed E-state index contributed by atoms with van der Waals surface area (Å²) in [5.74, 6) is -0.723. The lowest BCUT2D eigenvalue weighted by molar-refractivity contribution is -0.145. The molecule has 0 spiro atoms. The molecule has 1 rings (SSSR count). The van der Waals surface area contributed by atoms with E-state index in [1.807, 2.05) is 6.92 Å². The maximum absolute atomic E-state index is 11.4. The molecule has 4 nitrogen and oxygen atoms in total. The minimum Gasteiger partial charge on any atom is -0.480 e. The first-order valence-corrected chi connectivity index (χ1v) is 8.18. The van der Waals surface area contributed by atoms with Crippen molar-refractivity contribution >= 4 is 5.97 Å². The lowest BCUT2D eigenvalue weighted by Crippen LogP contribution is -2.50. The van der Waals surface area contributed by atoms with E-state index in [9.17, 15) is 9.90 Å². The molecule has 118 valence electrons. The second-order valence-corrected chi connectivity index (χ2v) is 6.22. The Morgan fingerprint density at radius 2 is 1.90 bits per heavy atom. The molecule has 1 unspecified atom stereocenters. The third-order valence-electron chi connectivity index (χ3n) is 5.05. The molecular formula is C16H32N2O2. The lowest BCUT2D eigenvalue weighted by Gasteiger charge is -2.31. The normalized spacial score (nSPS) is 20.6. The van der Waals surface area contributed by atoms with Gasteiger partial charge in [-0.25, -0.2) is 0 Å². The molecule has 1 atom stereocenters. The van der Waals surface area contributed by atoms with Crippen molar-refractivity contribution in [1.29, 1.82) is 0 Å². The maximum Gasteiger partial charge on any atom is 0.323 e. The van der Waals surface area contributed by atoms with Crippen molar-refractivity contribution in [1.82, 2.24) is 10.2 Å². The minimum atomic E-state index is -0.746. The molecule has 1 fully saturated rings. The molecule has 1 aliphatic carbocycles. The Bertz CT molecular complexity index is 282. The first-order chi connectivity index (χ1) is 9.55.